The number of anilines is 1. The number of hydrogen-bond donors (Lipinski definition) is 5. The summed E-state index contributed by atoms with van der Waals surface area (Å²) >= 11 is 6.19. The fourth-order valence-electron chi connectivity index (χ4n) is 3.92. The summed E-state index contributed by atoms with van der Waals surface area (Å²) in [5, 5.41) is 28.5. The molecule has 198 valence electrons. The molecule has 0 aromatic heterocycles. The summed E-state index contributed by atoms with van der Waals surface area (Å²) in [6.07, 6.45) is -0.569. The van der Waals surface area contributed by atoms with Crippen LogP contribution in [0.25, 0.3) is 0 Å². The van der Waals surface area contributed by atoms with Crippen LogP contribution in [0.3, 0.4) is 0 Å². The molecule has 1 amide bonds. The van der Waals surface area contributed by atoms with E-state index < -0.39 is 23.9 Å². The Balaban J connectivity index is 1.64. The first-order valence-corrected chi connectivity index (χ1v) is 12.3. The number of phenols is 1. The number of hydrogen-bond acceptors (Lipinski definition) is 9. The summed E-state index contributed by atoms with van der Waals surface area (Å²) < 4.78 is 5.07. The van der Waals surface area contributed by atoms with Crippen molar-refractivity contribution in [1.82, 2.24) is 10.6 Å². The van der Waals surface area contributed by atoms with E-state index in [-0.39, 0.29) is 49.6 Å². The van der Waals surface area contributed by atoms with Gasteiger partial charge in [-0.05, 0) is 49.2 Å². The summed E-state index contributed by atoms with van der Waals surface area (Å²) in [7, 11) is 0. The standard InChI is InChI=1S/C26H31ClN4O6/c1-3-37-24(35)10-17(16-4-15(2)5-19(27)6-16)8-22(33)12-28-25(36)18-7-20(11-21(32)9-18)31-26-29-13-23(34)14-30-26/h4-7,9,11,17,23,32,34H,3,8,10,12-14H2,1-2H3,(H,28,36)(H2,29,30,31)/t17-/m0/s1. The minimum atomic E-state index is -0.576. The molecule has 5 N–H and O–H groups in total. The lowest BCUT2D eigenvalue weighted by atomic mass is 9.89. The summed E-state index contributed by atoms with van der Waals surface area (Å²) in [6, 6.07) is 9.58. The Labute approximate surface area is 220 Å². The van der Waals surface area contributed by atoms with Gasteiger partial charge in [-0.2, -0.15) is 0 Å². The maximum atomic E-state index is 12.8. The molecule has 0 spiro atoms. The van der Waals surface area contributed by atoms with Crippen LogP contribution >= 0.6 is 11.6 Å². The van der Waals surface area contributed by atoms with Crippen LogP contribution in [0.5, 0.6) is 5.75 Å². The quantitative estimate of drug-likeness (QED) is 0.294. The number of nitrogens with one attached hydrogen (secondary N) is 3. The Morgan fingerprint density at radius 2 is 1.97 bits per heavy atom. The second-order valence-electron chi connectivity index (χ2n) is 8.81. The molecule has 3 rings (SSSR count). The first kappa shape index (κ1) is 27.9. The smallest absolute Gasteiger partial charge is 0.306 e. The summed E-state index contributed by atoms with van der Waals surface area (Å²) in [6.45, 7) is 4.11. The average molecular weight is 531 g/mol. The van der Waals surface area contributed by atoms with Gasteiger partial charge in [0.2, 0.25) is 0 Å². The zero-order valence-corrected chi connectivity index (χ0v) is 21.5. The maximum Gasteiger partial charge on any atom is 0.306 e. The van der Waals surface area contributed by atoms with Crippen molar-refractivity contribution in [2.24, 2.45) is 4.99 Å². The van der Waals surface area contributed by atoms with E-state index in [0.717, 1.165) is 11.1 Å². The van der Waals surface area contributed by atoms with E-state index in [1.807, 2.05) is 13.0 Å². The molecule has 1 aliphatic heterocycles. The molecule has 10 nitrogen and oxygen atoms in total. The van der Waals surface area contributed by atoms with Crippen LogP contribution in [0.1, 0.15) is 47.2 Å². The Bertz CT molecular complexity index is 1170. The van der Waals surface area contributed by atoms with Crippen LogP contribution in [0.15, 0.2) is 41.4 Å². The van der Waals surface area contributed by atoms with Crippen molar-refractivity contribution < 1.29 is 29.3 Å². The van der Waals surface area contributed by atoms with Crippen molar-refractivity contribution in [1.29, 1.82) is 0 Å². The monoisotopic (exact) mass is 530 g/mol. The Morgan fingerprint density at radius 1 is 1.19 bits per heavy atom. The topological polar surface area (TPSA) is 149 Å². The van der Waals surface area contributed by atoms with E-state index in [2.05, 4.69) is 20.9 Å². The number of amides is 1. The van der Waals surface area contributed by atoms with E-state index >= 15 is 0 Å². The fourth-order valence-corrected chi connectivity index (χ4v) is 4.22. The number of aliphatic hydroxyl groups is 1. The van der Waals surface area contributed by atoms with Crippen molar-refractivity contribution in [3.63, 3.8) is 0 Å². The van der Waals surface area contributed by atoms with Crippen LogP contribution in [-0.4, -0.2) is 66.2 Å². The summed E-state index contributed by atoms with van der Waals surface area (Å²) in [4.78, 5) is 41.8. The summed E-state index contributed by atoms with van der Waals surface area (Å²) in [5.74, 6) is -1.46. The van der Waals surface area contributed by atoms with Gasteiger partial charge < -0.3 is 30.9 Å². The van der Waals surface area contributed by atoms with Gasteiger partial charge in [0.1, 0.15) is 5.75 Å². The van der Waals surface area contributed by atoms with Crippen LogP contribution in [-0.2, 0) is 14.3 Å². The number of guanidine groups is 1. The van der Waals surface area contributed by atoms with E-state index in [1.165, 1.54) is 18.2 Å². The third-order valence-corrected chi connectivity index (χ3v) is 5.80. The second kappa shape index (κ2) is 13.1. The Hall–Kier alpha value is -3.63. The molecule has 11 heteroatoms. The normalized spacial score (nSPS) is 15.7. The first-order valence-electron chi connectivity index (χ1n) is 11.9. The van der Waals surface area contributed by atoms with E-state index in [0.29, 0.717) is 23.2 Å². The van der Waals surface area contributed by atoms with Crippen LogP contribution in [0.4, 0.5) is 5.69 Å². The Morgan fingerprint density at radius 3 is 2.65 bits per heavy atom. The molecule has 0 saturated heterocycles. The summed E-state index contributed by atoms with van der Waals surface area (Å²) in [5.41, 5.74) is 2.19. The van der Waals surface area contributed by atoms with Gasteiger partial charge in [0.05, 0.1) is 32.2 Å². The number of Topliss-reactive ketones (excluding diaryl/α,β-unsaturated/α-hetero) is 1. The Kier molecular flexibility index (Phi) is 9.87. The van der Waals surface area contributed by atoms with Crippen LogP contribution < -0.4 is 16.0 Å². The number of aromatic hydroxyl groups is 1. The number of aryl methyl sites for hydroxylation is 1. The molecule has 1 heterocycles. The minimum absolute atomic E-state index is 0.00304. The number of benzene rings is 2. The lowest BCUT2D eigenvalue weighted by Gasteiger charge is -2.20. The van der Waals surface area contributed by atoms with Crippen molar-refractivity contribution in [3.8, 4) is 5.75 Å². The molecule has 2 aromatic carbocycles. The number of aliphatic hydroxyl groups excluding tert-OH is 1. The largest absolute Gasteiger partial charge is 0.508 e. The fraction of sp³-hybridized carbons (Fsp3) is 0.385. The number of carbonyl (C=O) groups is 3. The molecule has 37 heavy (non-hydrogen) atoms. The SMILES string of the molecule is CCOC(=O)C[C@H](CC(=O)CNC(=O)c1cc(O)cc(NC2=NCC(O)CN2)c1)c1cc(C)cc(Cl)c1. The molecule has 2 aromatic rings. The molecular formula is C26H31ClN4O6. The van der Waals surface area contributed by atoms with Crippen molar-refractivity contribution in [3.05, 3.63) is 58.1 Å². The second-order valence-corrected chi connectivity index (χ2v) is 9.25. The molecule has 0 saturated carbocycles. The highest BCUT2D eigenvalue weighted by Crippen LogP contribution is 2.28. The lowest BCUT2D eigenvalue weighted by Crippen LogP contribution is -2.42. The van der Waals surface area contributed by atoms with E-state index in [4.69, 9.17) is 16.3 Å². The number of rotatable bonds is 10. The van der Waals surface area contributed by atoms with Gasteiger partial charge in [0.25, 0.3) is 5.91 Å². The van der Waals surface area contributed by atoms with E-state index in [1.54, 1.807) is 19.1 Å². The molecule has 0 radical (unpaired) electrons. The number of β-amino-alcohol motifs (C(OH)–C–C–N with tert-alkyl or cyclic N) is 1. The zero-order chi connectivity index (χ0) is 26.9. The zero-order valence-electron chi connectivity index (χ0n) is 20.7. The number of phenolic OH excluding ortho intramolecular Hbond substituents is 1. The number of esters is 1. The number of aliphatic imine (C=N–C) groups is 1. The number of ether oxygens (including phenoxy) is 1. The molecule has 0 fully saturated rings. The maximum absolute atomic E-state index is 12.8. The first-order chi connectivity index (χ1) is 17.6. The van der Waals surface area contributed by atoms with Gasteiger partial charge in [0, 0.05) is 41.2 Å². The molecule has 0 bridgehead atoms. The van der Waals surface area contributed by atoms with Gasteiger partial charge in [-0.1, -0.05) is 17.7 Å². The van der Waals surface area contributed by atoms with Crippen molar-refractivity contribution >= 4 is 40.9 Å². The highest BCUT2D eigenvalue weighted by molar-refractivity contribution is 6.30. The van der Waals surface area contributed by atoms with Crippen molar-refractivity contribution in [2.75, 3.05) is 31.6 Å². The molecule has 1 aliphatic rings. The van der Waals surface area contributed by atoms with Gasteiger partial charge >= 0.3 is 5.97 Å². The minimum Gasteiger partial charge on any atom is -0.508 e. The van der Waals surface area contributed by atoms with Crippen LogP contribution in [0, 0.1) is 6.92 Å². The molecular weight excluding hydrogens is 500 g/mol. The van der Waals surface area contributed by atoms with Crippen LogP contribution in [0.2, 0.25) is 5.02 Å². The van der Waals surface area contributed by atoms with Gasteiger partial charge in [0.15, 0.2) is 11.7 Å². The highest BCUT2D eigenvalue weighted by atomic mass is 35.5. The third kappa shape index (κ3) is 8.76. The van der Waals surface area contributed by atoms with Crippen molar-refractivity contribution in [2.45, 2.75) is 38.7 Å². The number of halogens is 1. The molecule has 2 atom stereocenters. The van der Waals surface area contributed by atoms with Gasteiger partial charge in [-0.15, -0.1) is 0 Å². The number of nitrogens with zero attached hydrogens (tertiary/aromatic N) is 1. The number of ketones is 1. The lowest BCUT2D eigenvalue weighted by molar-refractivity contribution is -0.143. The predicted molar refractivity (Wildman–Crippen MR) is 140 cm³/mol. The molecule has 0 aliphatic carbocycles. The average Bonchev–Trinajstić information content (AvgIpc) is 2.83. The van der Waals surface area contributed by atoms with Gasteiger partial charge in [-0.25, -0.2) is 0 Å². The number of carbonyl (C=O) groups excluding carboxylic acids is 3. The van der Waals surface area contributed by atoms with Gasteiger partial charge in [-0.3, -0.25) is 19.4 Å². The highest BCUT2D eigenvalue weighted by Gasteiger charge is 2.22. The molecule has 1 unspecified atom stereocenters. The van der Waals surface area contributed by atoms with E-state index in [9.17, 15) is 24.6 Å². The third-order valence-electron chi connectivity index (χ3n) is 5.58. The predicted octanol–water partition coefficient (Wildman–Crippen LogP) is 2.51.